The quantitative estimate of drug-likeness (QED) is 0.784. The maximum Gasteiger partial charge on any atom is 0.263 e. The highest BCUT2D eigenvalue weighted by Crippen LogP contribution is 2.14. The first-order chi connectivity index (χ1) is 8.59. The Morgan fingerprint density at radius 2 is 2.39 bits per heavy atom. The number of aryl methyl sites for hydroxylation is 1. The summed E-state index contributed by atoms with van der Waals surface area (Å²) >= 11 is 0. The number of hydrogen-bond acceptors (Lipinski definition) is 3. The molecule has 5 heteroatoms. The van der Waals surface area contributed by atoms with Crippen LogP contribution < -0.4 is 5.56 Å². The van der Waals surface area contributed by atoms with Crippen LogP contribution in [-0.2, 0) is 11.8 Å². The summed E-state index contributed by atoms with van der Waals surface area (Å²) in [7, 11) is 3.37. The normalized spacial score (nSPS) is 18.9. The molecule has 1 saturated heterocycles. The van der Waals surface area contributed by atoms with E-state index in [1.807, 2.05) is 0 Å². The minimum atomic E-state index is -0.253. The summed E-state index contributed by atoms with van der Waals surface area (Å²) in [5, 5.41) is 0. The van der Waals surface area contributed by atoms with E-state index in [2.05, 4.69) is 0 Å². The van der Waals surface area contributed by atoms with Gasteiger partial charge in [-0.3, -0.25) is 9.59 Å². The van der Waals surface area contributed by atoms with Crippen LogP contribution >= 0.6 is 0 Å². The van der Waals surface area contributed by atoms with Crippen molar-refractivity contribution in [2.24, 2.45) is 13.0 Å². The van der Waals surface area contributed by atoms with Gasteiger partial charge in [0.05, 0.1) is 6.61 Å². The molecule has 1 aromatic rings. The third-order valence-electron chi connectivity index (χ3n) is 3.26. The lowest BCUT2D eigenvalue weighted by molar-refractivity contribution is 0.0763. The molecule has 0 unspecified atom stereocenters. The number of pyridine rings is 1. The molecule has 1 aliphatic rings. The van der Waals surface area contributed by atoms with Crippen LogP contribution in [0.15, 0.2) is 23.1 Å². The zero-order valence-corrected chi connectivity index (χ0v) is 10.8. The largest absolute Gasteiger partial charge is 0.381 e. The first-order valence-electron chi connectivity index (χ1n) is 6.08. The van der Waals surface area contributed by atoms with E-state index in [4.69, 9.17) is 4.74 Å². The Balaban J connectivity index is 2.10. The van der Waals surface area contributed by atoms with Crippen molar-refractivity contribution in [1.29, 1.82) is 0 Å². The van der Waals surface area contributed by atoms with Gasteiger partial charge in [0.25, 0.3) is 11.5 Å². The Labute approximate surface area is 106 Å². The second-order valence-electron chi connectivity index (χ2n) is 4.75. The molecule has 18 heavy (non-hydrogen) atoms. The highest BCUT2D eigenvalue weighted by atomic mass is 16.5. The Kier molecular flexibility index (Phi) is 3.81. The number of carbonyl (C=O) groups is 1. The molecule has 1 aliphatic heterocycles. The fourth-order valence-corrected chi connectivity index (χ4v) is 2.16. The van der Waals surface area contributed by atoms with Crippen LogP contribution in [0.3, 0.4) is 0 Å². The molecule has 1 aromatic heterocycles. The van der Waals surface area contributed by atoms with E-state index in [-0.39, 0.29) is 17.0 Å². The lowest BCUT2D eigenvalue weighted by Gasteiger charge is -2.20. The minimum absolute atomic E-state index is 0.219. The second-order valence-corrected chi connectivity index (χ2v) is 4.75. The fraction of sp³-hybridized carbons (Fsp3) is 0.538. The van der Waals surface area contributed by atoms with Gasteiger partial charge >= 0.3 is 0 Å². The summed E-state index contributed by atoms with van der Waals surface area (Å²) in [5.41, 5.74) is -0.0292. The van der Waals surface area contributed by atoms with E-state index in [0.717, 1.165) is 13.0 Å². The zero-order chi connectivity index (χ0) is 13.1. The van der Waals surface area contributed by atoms with Gasteiger partial charge in [0.2, 0.25) is 0 Å². The average Bonchev–Trinajstić information content (AvgIpc) is 2.84. The molecule has 5 nitrogen and oxygen atoms in total. The second kappa shape index (κ2) is 5.35. The molecule has 0 N–H and O–H groups in total. The molecular formula is C13H18N2O3. The molecule has 0 saturated carbocycles. The van der Waals surface area contributed by atoms with Crippen molar-refractivity contribution < 1.29 is 9.53 Å². The van der Waals surface area contributed by atoms with Crippen LogP contribution in [0.5, 0.6) is 0 Å². The maximum absolute atomic E-state index is 12.2. The van der Waals surface area contributed by atoms with Crippen molar-refractivity contribution >= 4 is 5.91 Å². The van der Waals surface area contributed by atoms with Crippen molar-refractivity contribution in [3.05, 3.63) is 34.2 Å². The Morgan fingerprint density at radius 3 is 3.06 bits per heavy atom. The minimum Gasteiger partial charge on any atom is -0.381 e. The zero-order valence-electron chi connectivity index (χ0n) is 10.8. The van der Waals surface area contributed by atoms with Crippen LogP contribution in [-0.4, -0.2) is 42.2 Å². The van der Waals surface area contributed by atoms with Crippen LogP contribution in [0.4, 0.5) is 0 Å². The van der Waals surface area contributed by atoms with Crippen molar-refractivity contribution in [2.75, 3.05) is 26.8 Å². The first kappa shape index (κ1) is 12.8. The van der Waals surface area contributed by atoms with Crippen molar-refractivity contribution in [3.63, 3.8) is 0 Å². The molecule has 1 amide bonds. The highest BCUT2D eigenvalue weighted by molar-refractivity contribution is 5.93. The van der Waals surface area contributed by atoms with Gasteiger partial charge in [-0.2, -0.15) is 0 Å². The van der Waals surface area contributed by atoms with E-state index in [9.17, 15) is 9.59 Å². The molecule has 0 bridgehead atoms. The molecule has 0 radical (unpaired) electrons. The SMILES string of the molecule is CN(C[C@H]1CCOC1)C(=O)c1cccn(C)c1=O. The molecular weight excluding hydrogens is 232 g/mol. The van der Waals surface area contributed by atoms with Gasteiger partial charge in [-0.25, -0.2) is 0 Å². The van der Waals surface area contributed by atoms with Crippen LogP contribution in [0.25, 0.3) is 0 Å². The molecule has 0 spiro atoms. The molecule has 2 heterocycles. The van der Waals surface area contributed by atoms with E-state index in [0.29, 0.717) is 19.1 Å². The summed E-state index contributed by atoms with van der Waals surface area (Å²) in [4.78, 5) is 25.6. The number of aromatic nitrogens is 1. The fourth-order valence-electron chi connectivity index (χ4n) is 2.16. The third-order valence-corrected chi connectivity index (χ3v) is 3.26. The summed E-state index contributed by atoms with van der Waals surface area (Å²) < 4.78 is 6.70. The van der Waals surface area contributed by atoms with Gasteiger partial charge in [-0.1, -0.05) is 0 Å². The Bertz CT molecular complexity index is 489. The summed E-state index contributed by atoms with van der Waals surface area (Å²) in [5.74, 6) is 0.162. The summed E-state index contributed by atoms with van der Waals surface area (Å²) in [6.45, 7) is 2.10. The Morgan fingerprint density at radius 1 is 1.61 bits per heavy atom. The lowest BCUT2D eigenvalue weighted by Crippen LogP contribution is -2.36. The van der Waals surface area contributed by atoms with E-state index in [1.165, 1.54) is 4.57 Å². The van der Waals surface area contributed by atoms with Crippen molar-refractivity contribution in [3.8, 4) is 0 Å². The van der Waals surface area contributed by atoms with E-state index in [1.54, 1.807) is 37.3 Å². The van der Waals surface area contributed by atoms with E-state index < -0.39 is 0 Å². The van der Waals surface area contributed by atoms with Crippen LogP contribution in [0.2, 0.25) is 0 Å². The molecule has 2 rings (SSSR count). The number of nitrogens with zero attached hydrogens (tertiary/aromatic N) is 2. The van der Waals surface area contributed by atoms with Gasteiger partial charge in [0.15, 0.2) is 0 Å². The maximum atomic E-state index is 12.2. The predicted octanol–water partition coefficient (Wildman–Crippen LogP) is 0.494. The van der Waals surface area contributed by atoms with Crippen LogP contribution in [0, 0.1) is 5.92 Å². The number of rotatable bonds is 3. The Hall–Kier alpha value is -1.62. The smallest absolute Gasteiger partial charge is 0.263 e. The number of carbonyl (C=O) groups excluding carboxylic acids is 1. The van der Waals surface area contributed by atoms with Gasteiger partial charge in [0.1, 0.15) is 5.56 Å². The summed E-state index contributed by atoms with van der Waals surface area (Å²) in [6.07, 6.45) is 2.62. The van der Waals surface area contributed by atoms with Gasteiger partial charge in [-0.05, 0) is 18.6 Å². The van der Waals surface area contributed by atoms with Gasteiger partial charge in [0, 0.05) is 39.4 Å². The van der Waals surface area contributed by atoms with Crippen molar-refractivity contribution in [1.82, 2.24) is 9.47 Å². The van der Waals surface area contributed by atoms with E-state index >= 15 is 0 Å². The molecule has 0 aromatic carbocycles. The molecule has 1 atom stereocenters. The standard InChI is InChI=1S/C13H18N2O3/c1-14-6-3-4-11(12(14)16)13(17)15(2)8-10-5-7-18-9-10/h3-4,6,10H,5,7-9H2,1-2H3/t10-/m1/s1. The topological polar surface area (TPSA) is 51.5 Å². The number of ether oxygens (including phenoxy) is 1. The number of hydrogen-bond donors (Lipinski definition) is 0. The predicted molar refractivity (Wildman–Crippen MR) is 67.6 cm³/mol. The third kappa shape index (κ3) is 2.61. The van der Waals surface area contributed by atoms with Crippen molar-refractivity contribution in [2.45, 2.75) is 6.42 Å². The average molecular weight is 250 g/mol. The van der Waals surface area contributed by atoms with Gasteiger partial charge in [-0.15, -0.1) is 0 Å². The van der Waals surface area contributed by atoms with Gasteiger partial charge < -0.3 is 14.2 Å². The van der Waals surface area contributed by atoms with Crippen LogP contribution in [0.1, 0.15) is 16.8 Å². The molecule has 98 valence electrons. The summed E-state index contributed by atoms with van der Waals surface area (Å²) in [6, 6.07) is 3.29. The lowest BCUT2D eigenvalue weighted by atomic mass is 10.1. The monoisotopic (exact) mass is 250 g/mol. The number of amides is 1. The first-order valence-corrected chi connectivity index (χ1v) is 6.08. The molecule has 1 fully saturated rings. The molecule has 0 aliphatic carbocycles. The highest BCUT2D eigenvalue weighted by Gasteiger charge is 2.22.